The number of hydrogen-bond acceptors (Lipinski definition) is 2. The monoisotopic (exact) mass is 185 g/mol. The Balaban J connectivity index is 2.31. The van der Waals surface area contributed by atoms with Gasteiger partial charge in [0, 0.05) is 12.6 Å². The fraction of sp³-hybridized carbons (Fsp3) is 1.00. The molecule has 1 saturated heterocycles. The molecule has 0 aliphatic carbocycles. The first-order chi connectivity index (χ1) is 6.27. The number of unbranched alkanes of at least 4 members (excludes halogenated alkanes) is 1. The second-order valence-corrected chi connectivity index (χ2v) is 4.18. The van der Waals surface area contributed by atoms with E-state index in [1.807, 2.05) is 0 Å². The zero-order chi connectivity index (χ0) is 9.68. The number of β-amino-alcohol motifs (C(OH)–C–C–N with tert-alkyl or cyclic N) is 1. The molecule has 0 aromatic rings. The van der Waals surface area contributed by atoms with Gasteiger partial charge in [-0.2, -0.15) is 0 Å². The lowest BCUT2D eigenvalue weighted by atomic mass is 10.1. The standard InChI is InChI=1S/C11H23NO/c1-3-5-6-10-8-11(13)9-12(10)7-4-2/h10-11,13H,3-9H2,1-2H3/t10-,11+/m1/s1. The van der Waals surface area contributed by atoms with Crippen LogP contribution in [0, 0.1) is 0 Å². The van der Waals surface area contributed by atoms with Crippen LogP contribution in [0.1, 0.15) is 46.0 Å². The molecule has 1 N–H and O–H groups in total. The Hall–Kier alpha value is -0.0800. The topological polar surface area (TPSA) is 23.5 Å². The summed E-state index contributed by atoms with van der Waals surface area (Å²) in [5.41, 5.74) is 0. The van der Waals surface area contributed by atoms with Crippen molar-refractivity contribution in [2.24, 2.45) is 0 Å². The highest BCUT2D eigenvalue weighted by atomic mass is 16.3. The Labute approximate surface area is 81.9 Å². The number of rotatable bonds is 5. The predicted octanol–water partition coefficient (Wildman–Crippen LogP) is 2.02. The molecule has 0 saturated carbocycles. The van der Waals surface area contributed by atoms with Gasteiger partial charge in [-0.25, -0.2) is 0 Å². The Morgan fingerprint density at radius 3 is 2.69 bits per heavy atom. The van der Waals surface area contributed by atoms with Gasteiger partial charge in [-0.1, -0.05) is 26.7 Å². The first-order valence-corrected chi connectivity index (χ1v) is 5.70. The fourth-order valence-corrected chi connectivity index (χ4v) is 2.26. The molecule has 1 rings (SSSR count). The van der Waals surface area contributed by atoms with Gasteiger partial charge in [0.05, 0.1) is 6.10 Å². The zero-order valence-corrected chi connectivity index (χ0v) is 9.00. The minimum atomic E-state index is -0.0617. The summed E-state index contributed by atoms with van der Waals surface area (Å²) in [5, 5.41) is 9.55. The van der Waals surface area contributed by atoms with E-state index in [1.54, 1.807) is 0 Å². The second kappa shape index (κ2) is 5.61. The summed E-state index contributed by atoms with van der Waals surface area (Å²) in [4.78, 5) is 2.46. The molecule has 1 aliphatic heterocycles. The van der Waals surface area contributed by atoms with Crippen molar-refractivity contribution in [1.82, 2.24) is 4.90 Å². The summed E-state index contributed by atoms with van der Waals surface area (Å²) in [5.74, 6) is 0. The summed E-state index contributed by atoms with van der Waals surface area (Å²) < 4.78 is 0. The summed E-state index contributed by atoms with van der Waals surface area (Å²) in [6, 6.07) is 0.662. The lowest BCUT2D eigenvalue weighted by Gasteiger charge is -2.23. The molecule has 0 unspecified atom stereocenters. The van der Waals surface area contributed by atoms with Crippen molar-refractivity contribution in [3.8, 4) is 0 Å². The van der Waals surface area contributed by atoms with E-state index in [4.69, 9.17) is 0 Å². The summed E-state index contributed by atoms with van der Waals surface area (Å²) in [6.45, 7) is 6.50. The van der Waals surface area contributed by atoms with Gasteiger partial charge in [0.15, 0.2) is 0 Å². The molecule has 0 radical (unpaired) electrons. The van der Waals surface area contributed by atoms with Crippen molar-refractivity contribution in [2.75, 3.05) is 13.1 Å². The van der Waals surface area contributed by atoms with Crippen LogP contribution in [-0.4, -0.2) is 35.2 Å². The highest BCUT2D eigenvalue weighted by Gasteiger charge is 2.29. The number of aliphatic hydroxyl groups is 1. The summed E-state index contributed by atoms with van der Waals surface area (Å²) in [6.07, 6.45) is 5.99. The van der Waals surface area contributed by atoms with Crippen LogP contribution < -0.4 is 0 Å². The number of likely N-dealkylation sites (tertiary alicyclic amines) is 1. The average Bonchev–Trinajstić information content (AvgIpc) is 2.44. The normalized spacial score (nSPS) is 29.8. The third kappa shape index (κ3) is 3.28. The summed E-state index contributed by atoms with van der Waals surface area (Å²) >= 11 is 0. The van der Waals surface area contributed by atoms with Crippen molar-refractivity contribution in [2.45, 2.75) is 58.1 Å². The third-order valence-electron chi connectivity index (χ3n) is 2.91. The number of aliphatic hydroxyl groups excluding tert-OH is 1. The van der Waals surface area contributed by atoms with Gasteiger partial charge in [-0.05, 0) is 25.8 Å². The van der Waals surface area contributed by atoms with Gasteiger partial charge in [0.2, 0.25) is 0 Å². The molecular formula is C11H23NO. The molecule has 2 nitrogen and oxygen atoms in total. The molecule has 13 heavy (non-hydrogen) atoms. The zero-order valence-electron chi connectivity index (χ0n) is 9.00. The maximum absolute atomic E-state index is 9.55. The van der Waals surface area contributed by atoms with Gasteiger partial charge in [0.1, 0.15) is 0 Å². The Kier molecular flexibility index (Phi) is 4.74. The van der Waals surface area contributed by atoms with Crippen LogP contribution in [0.15, 0.2) is 0 Å². The Morgan fingerprint density at radius 2 is 2.08 bits per heavy atom. The molecule has 2 heteroatoms. The average molecular weight is 185 g/mol. The van der Waals surface area contributed by atoms with Crippen molar-refractivity contribution in [1.29, 1.82) is 0 Å². The van der Waals surface area contributed by atoms with Crippen LogP contribution in [0.5, 0.6) is 0 Å². The second-order valence-electron chi connectivity index (χ2n) is 4.18. The molecule has 1 fully saturated rings. The smallest absolute Gasteiger partial charge is 0.0682 e. The van der Waals surface area contributed by atoms with E-state index < -0.39 is 0 Å². The van der Waals surface area contributed by atoms with E-state index in [9.17, 15) is 5.11 Å². The minimum Gasteiger partial charge on any atom is -0.392 e. The van der Waals surface area contributed by atoms with Crippen LogP contribution in [0.4, 0.5) is 0 Å². The molecule has 0 bridgehead atoms. The SMILES string of the molecule is CCCC[C@@H]1C[C@H](O)CN1CCC. The molecule has 2 atom stereocenters. The van der Waals surface area contributed by atoms with E-state index in [2.05, 4.69) is 18.7 Å². The van der Waals surface area contributed by atoms with Crippen LogP contribution in [0.3, 0.4) is 0 Å². The first kappa shape index (κ1) is 11.0. The third-order valence-corrected chi connectivity index (χ3v) is 2.91. The van der Waals surface area contributed by atoms with Crippen LogP contribution in [-0.2, 0) is 0 Å². The largest absolute Gasteiger partial charge is 0.392 e. The van der Waals surface area contributed by atoms with E-state index in [0.717, 1.165) is 19.5 Å². The van der Waals surface area contributed by atoms with Crippen molar-refractivity contribution in [3.63, 3.8) is 0 Å². The summed E-state index contributed by atoms with van der Waals surface area (Å²) in [7, 11) is 0. The van der Waals surface area contributed by atoms with Crippen molar-refractivity contribution < 1.29 is 5.11 Å². The lowest BCUT2D eigenvalue weighted by Crippen LogP contribution is -2.30. The molecule has 1 heterocycles. The molecule has 0 amide bonds. The first-order valence-electron chi connectivity index (χ1n) is 5.70. The molecule has 1 aliphatic rings. The maximum Gasteiger partial charge on any atom is 0.0682 e. The molecule has 0 aromatic heterocycles. The maximum atomic E-state index is 9.55. The Morgan fingerprint density at radius 1 is 1.31 bits per heavy atom. The molecule has 78 valence electrons. The van der Waals surface area contributed by atoms with E-state index >= 15 is 0 Å². The van der Waals surface area contributed by atoms with Crippen molar-refractivity contribution in [3.05, 3.63) is 0 Å². The van der Waals surface area contributed by atoms with E-state index in [0.29, 0.717) is 6.04 Å². The number of nitrogens with zero attached hydrogens (tertiary/aromatic N) is 1. The van der Waals surface area contributed by atoms with Gasteiger partial charge in [0.25, 0.3) is 0 Å². The Bertz CT molecular complexity index is 138. The van der Waals surface area contributed by atoms with Crippen LogP contribution in [0.25, 0.3) is 0 Å². The van der Waals surface area contributed by atoms with Gasteiger partial charge >= 0.3 is 0 Å². The molecule has 0 aromatic carbocycles. The molecule has 0 spiro atoms. The van der Waals surface area contributed by atoms with Crippen LogP contribution >= 0.6 is 0 Å². The number of hydrogen-bond donors (Lipinski definition) is 1. The lowest BCUT2D eigenvalue weighted by molar-refractivity contribution is 0.174. The van der Waals surface area contributed by atoms with Gasteiger partial charge in [-0.3, -0.25) is 4.90 Å². The van der Waals surface area contributed by atoms with E-state index in [-0.39, 0.29) is 6.10 Å². The highest BCUT2D eigenvalue weighted by Crippen LogP contribution is 2.22. The highest BCUT2D eigenvalue weighted by molar-refractivity contribution is 4.84. The van der Waals surface area contributed by atoms with E-state index in [1.165, 1.54) is 25.7 Å². The van der Waals surface area contributed by atoms with Gasteiger partial charge in [-0.15, -0.1) is 0 Å². The predicted molar refractivity (Wildman–Crippen MR) is 55.8 cm³/mol. The van der Waals surface area contributed by atoms with Crippen molar-refractivity contribution >= 4 is 0 Å². The fourth-order valence-electron chi connectivity index (χ4n) is 2.26. The molecular weight excluding hydrogens is 162 g/mol. The minimum absolute atomic E-state index is 0.0617. The van der Waals surface area contributed by atoms with Crippen LogP contribution in [0.2, 0.25) is 0 Å². The van der Waals surface area contributed by atoms with Gasteiger partial charge < -0.3 is 5.11 Å². The quantitative estimate of drug-likeness (QED) is 0.708.